The largest absolute Gasteiger partial charge is 0.396 e. The van der Waals surface area contributed by atoms with Crippen molar-refractivity contribution >= 4 is 27.1 Å². The zero-order chi connectivity index (χ0) is 14.3. The van der Waals surface area contributed by atoms with E-state index >= 15 is 0 Å². The Balaban J connectivity index is 1.96. The molecule has 2 N–H and O–H groups in total. The number of nitrogens with two attached hydrogens (primary N) is 1. The van der Waals surface area contributed by atoms with Crippen LogP contribution in [0.2, 0.25) is 5.02 Å². The summed E-state index contributed by atoms with van der Waals surface area (Å²) in [5.74, 6) is 0.340. The van der Waals surface area contributed by atoms with Crippen LogP contribution in [0.4, 0.5) is 5.69 Å². The number of hydrogen-bond acceptors (Lipinski definition) is 4. The molecule has 0 bridgehead atoms. The molecule has 7 heteroatoms. The number of aromatic nitrogens is 2. The van der Waals surface area contributed by atoms with E-state index in [0.29, 0.717) is 22.8 Å². The van der Waals surface area contributed by atoms with Gasteiger partial charge < -0.3 is 5.73 Å². The minimum Gasteiger partial charge on any atom is -0.396 e. The van der Waals surface area contributed by atoms with Crippen molar-refractivity contribution in [3.63, 3.8) is 0 Å². The molecular formula is C13H14ClN3O2S. The van der Waals surface area contributed by atoms with Crippen LogP contribution in [0, 0.1) is 0 Å². The second-order valence-corrected chi connectivity index (χ2v) is 7.65. The zero-order valence-corrected chi connectivity index (χ0v) is 12.2. The Bertz CT molecular complexity index is 755. The summed E-state index contributed by atoms with van der Waals surface area (Å²) in [6.07, 6.45) is 2.28. The second-order valence-electron chi connectivity index (χ2n) is 4.98. The molecule has 0 aliphatic carbocycles. The molecule has 1 atom stereocenters. The van der Waals surface area contributed by atoms with Crippen molar-refractivity contribution in [2.75, 3.05) is 17.2 Å². The molecule has 1 fully saturated rings. The minimum atomic E-state index is -2.94. The van der Waals surface area contributed by atoms with Crippen LogP contribution in [0.15, 0.2) is 30.5 Å². The van der Waals surface area contributed by atoms with Gasteiger partial charge in [-0.05, 0) is 18.6 Å². The van der Waals surface area contributed by atoms with Gasteiger partial charge in [-0.3, -0.25) is 4.68 Å². The lowest BCUT2D eigenvalue weighted by molar-refractivity contribution is 0.501. The lowest BCUT2D eigenvalue weighted by Gasteiger charge is -2.07. The van der Waals surface area contributed by atoms with Gasteiger partial charge in [-0.25, -0.2) is 8.42 Å². The third-order valence-electron chi connectivity index (χ3n) is 3.44. The highest BCUT2D eigenvalue weighted by Crippen LogP contribution is 2.30. The van der Waals surface area contributed by atoms with Crippen LogP contribution in [-0.4, -0.2) is 29.7 Å². The molecule has 0 radical (unpaired) electrons. The fourth-order valence-corrected chi connectivity index (χ4v) is 4.33. The number of rotatable bonds is 2. The Morgan fingerprint density at radius 3 is 2.85 bits per heavy atom. The molecule has 1 unspecified atom stereocenters. The number of nitrogens with zero attached hydrogens (tertiary/aromatic N) is 2. The molecule has 1 aliphatic rings. The smallest absolute Gasteiger partial charge is 0.152 e. The van der Waals surface area contributed by atoms with Crippen LogP contribution >= 0.6 is 11.6 Å². The SMILES string of the molecule is Nc1cn(C2CCS(=O)(=O)C2)nc1-c1cccc(Cl)c1. The highest BCUT2D eigenvalue weighted by atomic mass is 35.5. The molecule has 1 aromatic heterocycles. The van der Waals surface area contributed by atoms with E-state index in [4.69, 9.17) is 17.3 Å². The predicted octanol–water partition coefficient (Wildman–Crippen LogP) is 2.15. The predicted molar refractivity (Wildman–Crippen MR) is 79.4 cm³/mol. The first-order valence-corrected chi connectivity index (χ1v) is 8.45. The summed E-state index contributed by atoms with van der Waals surface area (Å²) >= 11 is 5.96. The standard InChI is InChI=1S/C13H14ClN3O2S/c14-10-3-1-2-9(6-10)13-12(15)7-17(16-13)11-4-5-20(18,19)8-11/h1-3,6-7,11H,4-5,8,15H2. The molecule has 2 aromatic rings. The number of halogens is 1. The van der Waals surface area contributed by atoms with Crippen molar-refractivity contribution < 1.29 is 8.42 Å². The van der Waals surface area contributed by atoms with Crippen molar-refractivity contribution in [2.45, 2.75) is 12.5 Å². The van der Waals surface area contributed by atoms with Gasteiger partial charge in [-0.2, -0.15) is 5.10 Å². The van der Waals surface area contributed by atoms with Crippen molar-refractivity contribution in [1.29, 1.82) is 0 Å². The lowest BCUT2D eigenvalue weighted by Crippen LogP contribution is -2.11. The first kappa shape index (κ1) is 13.5. The first-order chi connectivity index (χ1) is 9.44. The van der Waals surface area contributed by atoms with Crippen molar-refractivity contribution in [1.82, 2.24) is 9.78 Å². The van der Waals surface area contributed by atoms with Gasteiger partial charge in [0.1, 0.15) is 5.69 Å². The van der Waals surface area contributed by atoms with E-state index in [1.54, 1.807) is 23.0 Å². The maximum atomic E-state index is 11.5. The van der Waals surface area contributed by atoms with Gasteiger partial charge in [0, 0.05) is 16.8 Å². The third-order valence-corrected chi connectivity index (χ3v) is 5.43. The topological polar surface area (TPSA) is 78.0 Å². The Labute approximate surface area is 122 Å². The van der Waals surface area contributed by atoms with Gasteiger partial charge in [0.15, 0.2) is 9.84 Å². The molecule has 106 valence electrons. The molecule has 2 heterocycles. The second kappa shape index (κ2) is 4.79. The van der Waals surface area contributed by atoms with Gasteiger partial charge in [0.05, 0.1) is 23.2 Å². The van der Waals surface area contributed by atoms with Crippen LogP contribution in [-0.2, 0) is 9.84 Å². The monoisotopic (exact) mass is 311 g/mol. The fraction of sp³-hybridized carbons (Fsp3) is 0.308. The van der Waals surface area contributed by atoms with Crippen LogP contribution in [0.25, 0.3) is 11.3 Å². The van der Waals surface area contributed by atoms with Gasteiger partial charge in [0.25, 0.3) is 0 Å². The van der Waals surface area contributed by atoms with Crippen molar-refractivity contribution in [3.05, 3.63) is 35.5 Å². The van der Waals surface area contributed by atoms with E-state index in [0.717, 1.165) is 5.56 Å². The van der Waals surface area contributed by atoms with Crippen molar-refractivity contribution in [2.24, 2.45) is 0 Å². The third kappa shape index (κ3) is 2.53. The van der Waals surface area contributed by atoms with E-state index in [2.05, 4.69) is 5.10 Å². The van der Waals surface area contributed by atoms with Crippen LogP contribution in [0.1, 0.15) is 12.5 Å². The summed E-state index contributed by atoms with van der Waals surface area (Å²) in [7, 11) is -2.94. The summed E-state index contributed by atoms with van der Waals surface area (Å²) in [4.78, 5) is 0. The summed E-state index contributed by atoms with van der Waals surface area (Å²) in [6, 6.07) is 7.14. The van der Waals surface area contributed by atoms with Crippen molar-refractivity contribution in [3.8, 4) is 11.3 Å². The maximum absolute atomic E-state index is 11.5. The molecule has 3 rings (SSSR count). The highest BCUT2D eigenvalue weighted by molar-refractivity contribution is 7.91. The Hall–Kier alpha value is -1.53. The molecule has 0 amide bonds. The average Bonchev–Trinajstić information content (AvgIpc) is 2.92. The van der Waals surface area contributed by atoms with E-state index in [9.17, 15) is 8.42 Å². The quantitative estimate of drug-likeness (QED) is 0.921. The molecule has 20 heavy (non-hydrogen) atoms. The first-order valence-electron chi connectivity index (χ1n) is 6.25. The van der Waals surface area contributed by atoms with Crippen LogP contribution in [0.3, 0.4) is 0 Å². The van der Waals surface area contributed by atoms with Gasteiger partial charge in [0.2, 0.25) is 0 Å². The van der Waals surface area contributed by atoms with E-state index < -0.39 is 9.84 Å². The molecule has 0 spiro atoms. The number of sulfone groups is 1. The van der Waals surface area contributed by atoms with E-state index in [1.165, 1.54) is 0 Å². The lowest BCUT2D eigenvalue weighted by atomic mass is 10.1. The van der Waals surface area contributed by atoms with Crippen LogP contribution in [0.5, 0.6) is 0 Å². The summed E-state index contributed by atoms with van der Waals surface area (Å²) in [5.41, 5.74) is 7.97. The van der Waals surface area contributed by atoms with Gasteiger partial charge in [-0.15, -0.1) is 0 Å². The Morgan fingerprint density at radius 2 is 2.20 bits per heavy atom. The minimum absolute atomic E-state index is 0.128. The normalized spacial score (nSPS) is 21.1. The molecule has 1 aliphatic heterocycles. The molecule has 0 saturated carbocycles. The molecule has 1 aromatic carbocycles. The Morgan fingerprint density at radius 1 is 1.40 bits per heavy atom. The Kier molecular flexibility index (Phi) is 3.22. The molecular weight excluding hydrogens is 298 g/mol. The van der Waals surface area contributed by atoms with E-state index in [1.807, 2.05) is 12.1 Å². The highest BCUT2D eigenvalue weighted by Gasteiger charge is 2.30. The summed E-state index contributed by atoms with van der Waals surface area (Å²) < 4.78 is 24.7. The average molecular weight is 312 g/mol. The van der Waals surface area contributed by atoms with Gasteiger partial charge in [-0.1, -0.05) is 23.7 Å². The summed E-state index contributed by atoms with van der Waals surface area (Å²) in [6.45, 7) is 0. The number of anilines is 1. The number of hydrogen-bond donors (Lipinski definition) is 1. The molecule has 5 nitrogen and oxygen atoms in total. The summed E-state index contributed by atoms with van der Waals surface area (Å²) in [5, 5.41) is 5.05. The number of benzene rings is 1. The fourth-order valence-electron chi connectivity index (χ4n) is 2.44. The number of nitrogen functional groups attached to an aromatic ring is 1. The van der Waals surface area contributed by atoms with Crippen LogP contribution < -0.4 is 5.73 Å². The molecule has 1 saturated heterocycles. The van der Waals surface area contributed by atoms with Gasteiger partial charge >= 0.3 is 0 Å². The van der Waals surface area contributed by atoms with E-state index in [-0.39, 0.29) is 17.5 Å². The maximum Gasteiger partial charge on any atom is 0.152 e. The zero-order valence-electron chi connectivity index (χ0n) is 10.7.